The van der Waals surface area contributed by atoms with Crippen molar-refractivity contribution in [2.24, 2.45) is 5.41 Å². The second-order valence-electron chi connectivity index (χ2n) is 6.19. The molecule has 0 radical (unpaired) electrons. The third kappa shape index (κ3) is 3.80. The summed E-state index contributed by atoms with van der Waals surface area (Å²) in [5.41, 5.74) is 0.476. The Morgan fingerprint density at radius 2 is 2.11 bits per heavy atom. The maximum absolute atomic E-state index is 10.9. The van der Waals surface area contributed by atoms with E-state index < -0.39 is 5.60 Å². The Bertz CT molecular complexity index is 461. The number of ether oxygens (including phenoxy) is 1. The number of hydrogen-bond acceptors (Lipinski definition) is 3. The Hall–Kier alpha value is -0.380. The molecule has 1 unspecified atom stereocenters. The minimum atomic E-state index is -0.676. The minimum Gasteiger partial charge on any atom is -0.496 e. The quantitative estimate of drug-likeness (QED) is 0.921. The first-order valence-electron chi connectivity index (χ1n) is 6.46. The van der Waals surface area contributed by atoms with E-state index in [1.54, 1.807) is 7.11 Å². The summed E-state index contributed by atoms with van der Waals surface area (Å²) in [6.45, 7) is 4.42. The Balaban J connectivity index is 2.22. The SMILES string of the molecule is COc1ccc(Cl)cc1CC1(O)CSCC(C)(C)C1. The molecule has 1 aliphatic heterocycles. The van der Waals surface area contributed by atoms with Crippen LogP contribution in [0.2, 0.25) is 5.02 Å². The predicted octanol–water partition coefficient (Wildman–Crippen LogP) is 3.79. The van der Waals surface area contributed by atoms with Gasteiger partial charge >= 0.3 is 0 Å². The van der Waals surface area contributed by atoms with E-state index in [4.69, 9.17) is 16.3 Å². The van der Waals surface area contributed by atoms with Crippen LogP contribution in [0, 0.1) is 5.41 Å². The highest BCUT2D eigenvalue weighted by atomic mass is 35.5. The normalized spacial score (nSPS) is 26.2. The lowest BCUT2D eigenvalue weighted by atomic mass is 9.79. The smallest absolute Gasteiger partial charge is 0.122 e. The lowest BCUT2D eigenvalue weighted by molar-refractivity contribution is 0.0195. The van der Waals surface area contributed by atoms with Crippen LogP contribution >= 0.6 is 23.4 Å². The average Bonchev–Trinajstić information content (AvgIpc) is 2.26. The summed E-state index contributed by atoms with van der Waals surface area (Å²) in [4.78, 5) is 0. The van der Waals surface area contributed by atoms with Gasteiger partial charge in [-0.2, -0.15) is 11.8 Å². The second-order valence-corrected chi connectivity index (χ2v) is 7.61. The van der Waals surface area contributed by atoms with Gasteiger partial charge in [0.2, 0.25) is 0 Å². The molecule has 0 bridgehead atoms. The summed E-state index contributed by atoms with van der Waals surface area (Å²) in [6.07, 6.45) is 1.40. The monoisotopic (exact) mass is 300 g/mol. The third-order valence-electron chi connectivity index (χ3n) is 3.43. The van der Waals surface area contributed by atoms with Gasteiger partial charge in [0, 0.05) is 17.2 Å². The molecule has 0 aromatic heterocycles. The summed E-state index contributed by atoms with van der Waals surface area (Å²) >= 11 is 7.87. The van der Waals surface area contributed by atoms with E-state index in [2.05, 4.69) is 13.8 Å². The summed E-state index contributed by atoms with van der Waals surface area (Å²) in [7, 11) is 1.65. The van der Waals surface area contributed by atoms with Gasteiger partial charge in [-0.3, -0.25) is 0 Å². The molecule has 106 valence electrons. The van der Waals surface area contributed by atoms with Crippen molar-refractivity contribution in [3.8, 4) is 5.75 Å². The molecule has 1 fully saturated rings. The molecule has 2 nitrogen and oxygen atoms in total. The highest BCUT2D eigenvalue weighted by Crippen LogP contribution is 2.41. The highest BCUT2D eigenvalue weighted by molar-refractivity contribution is 7.99. The predicted molar refractivity (Wildman–Crippen MR) is 82.4 cm³/mol. The summed E-state index contributed by atoms with van der Waals surface area (Å²) < 4.78 is 5.36. The van der Waals surface area contributed by atoms with Gasteiger partial charge in [-0.1, -0.05) is 25.4 Å². The van der Waals surface area contributed by atoms with Crippen molar-refractivity contribution < 1.29 is 9.84 Å². The largest absolute Gasteiger partial charge is 0.496 e. The molecule has 1 saturated heterocycles. The molecule has 0 aliphatic carbocycles. The zero-order valence-corrected chi connectivity index (χ0v) is 13.3. The van der Waals surface area contributed by atoms with Crippen molar-refractivity contribution >= 4 is 23.4 Å². The first kappa shape index (κ1) is 15.0. The first-order chi connectivity index (χ1) is 8.84. The van der Waals surface area contributed by atoms with Crippen LogP contribution in [0.4, 0.5) is 0 Å². The van der Waals surface area contributed by atoms with Crippen molar-refractivity contribution in [3.63, 3.8) is 0 Å². The highest BCUT2D eigenvalue weighted by Gasteiger charge is 2.39. The summed E-state index contributed by atoms with van der Waals surface area (Å²) in [5, 5.41) is 11.5. The zero-order chi connectivity index (χ0) is 14.1. The second kappa shape index (κ2) is 5.55. The molecule has 1 atom stereocenters. The molecule has 0 amide bonds. The summed E-state index contributed by atoms with van der Waals surface area (Å²) in [5.74, 6) is 2.67. The Morgan fingerprint density at radius 3 is 2.74 bits per heavy atom. The summed E-state index contributed by atoms with van der Waals surface area (Å²) in [6, 6.07) is 5.57. The number of rotatable bonds is 3. The van der Waals surface area contributed by atoms with Gasteiger partial charge in [0.1, 0.15) is 5.75 Å². The van der Waals surface area contributed by atoms with Crippen molar-refractivity contribution in [2.45, 2.75) is 32.3 Å². The minimum absolute atomic E-state index is 0.170. The van der Waals surface area contributed by atoms with E-state index in [0.29, 0.717) is 11.4 Å². The lowest BCUT2D eigenvalue weighted by Crippen LogP contribution is -2.44. The van der Waals surface area contributed by atoms with E-state index in [-0.39, 0.29) is 5.41 Å². The Kier molecular flexibility index (Phi) is 4.38. The van der Waals surface area contributed by atoms with Gasteiger partial charge in [0.25, 0.3) is 0 Å². The van der Waals surface area contributed by atoms with Gasteiger partial charge < -0.3 is 9.84 Å². The Labute approximate surface area is 124 Å². The number of halogens is 1. The molecular weight excluding hydrogens is 280 g/mol. The van der Waals surface area contributed by atoms with Gasteiger partial charge in [-0.05, 0) is 41.4 Å². The van der Waals surface area contributed by atoms with Crippen LogP contribution < -0.4 is 4.74 Å². The molecule has 0 saturated carbocycles. The molecule has 2 rings (SSSR count). The number of methoxy groups -OCH3 is 1. The molecule has 1 N–H and O–H groups in total. The van der Waals surface area contributed by atoms with Crippen LogP contribution in [0.25, 0.3) is 0 Å². The fourth-order valence-electron chi connectivity index (χ4n) is 2.86. The molecule has 1 aliphatic rings. The topological polar surface area (TPSA) is 29.5 Å². The van der Waals surface area contributed by atoms with E-state index in [9.17, 15) is 5.11 Å². The first-order valence-corrected chi connectivity index (χ1v) is 7.99. The molecule has 0 spiro atoms. The van der Waals surface area contributed by atoms with E-state index in [1.807, 2.05) is 30.0 Å². The standard InChI is InChI=1S/C15H21ClO2S/c1-14(2)8-15(17,10-19-9-14)7-11-6-12(16)4-5-13(11)18-3/h4-6,17H,7-10H2,1-3H3. The van der Waals surface area contributed by atoms with Crippen molar-refractivity contribution in [1.29, 1.82) is 0 Å². The Morgan fingerprint density at radius 1 is 1.37 bits per heavy atom. The van der Waals surface area contributed by atoms with Crippen LogP contribution in [0.1, 0.15) is 25.8 Å². The van der Waals surface area contributed by atoms with Crippen LogP contribution in [-0.2, 0) is 6.42 Å². The van der Waals surface area contributed by atoms with Crippen molar-refractivity contribution in [1.82, 2.24) is 0 Å². The van der Waals surface area contributed by atoms with E-state index >= 15 is 0 Å². The maximum atomic E-state index is 10.9. The molecular formula is C15H21ClO2S. The van der Waals surface area contributed by atoms with Crippen LogP contribution in [0.15, 0.2) is 18.2 Å². The molecule has 1 aromatic rings. The maximum Gasteiger partial charge on any atom is 0.122 e. The average molecular weight is 301 g/mol. The van der Waals surface area contributed by atoms with Gasteiger partial charge in [-0.25, -0.2) is 0 Å². The molecule has 19 heavy (non-hydrogen) atoms. The molecule has 1 aromatic carbocycles. The van der Waals surface area contributed by atoms with E-state index in [0.717, 1.165) is 29.2 Å². The number of hydrogen-bond donors (Lipinski definition) is 1. The van der Waals surface area contributed by atoms with Gasteiger partial charge in [-0.15, -0.1) is 0 Å². The zero-order valence-electron chi connectivity index (χ0n) is 11.7. The fraction of sp³-hybridized carbons (Fsp3) is 0.600. The van der Waals surface area contributed by atoms with E-state index in [1.165, 1.54) is 0 Å². The van der Waals surface area contributed by atoms with Gasteiger partial charge in [0.05, 0.1) is 12.7 Å². The number of thioether (sulfide) groups is 1. The molecule has 1 heterocycles. The number of aliphatic hydroxyl groups is 1. The van der Waals surface area contributed by atoms with Crippen molar-refractivity contribution in [2.75, 3.05) is 18.6 Å². The fourth-order valence-corrected chi connectivity index (χ4v) is 4.40. The lowest BCUT2D eigenvalue weighted by Gasteiger charge is -2.41. The van der Waals surface area contributed by atoms with Crippen LogP contribution in [-0.4, -0.2) is 29.3 Å². The van der Waals surface area contributed by atoms with Gasteiger partial charge in [0.15, 0.2) is 0 Å². The molecule has 4 heteroatoms. The van der Waals surface area contributed by atoms with Crippen LogP contribution in [0.3, 0.4) is 0 Å². The third-order valence-corrected chi connectivity index (χ3v) is 5.40. The number of benzene rings is 1. The van der Waals surface area contributed by atoms with Crippen LogP contribution in [0.5, 0.6) is 5.75 Å². The van der Waals surface area contributed by atoms with Crippen molar-refractivity contribution in [3.05, 3.63) is 28.8 Å².